The van der Waals surface area contributed by atoms with E-state index in [9.17, 15) is 18.0 Å². The van der Waals surface area contributed by atoms with Crippen molar-refractivity contribution in [1.29, 1.82) is 0 Å². The van der Waals surface area contributed by atoms with Gasteiger partial charge in [-0.3, -0.25) is 0 Å². The molecule has 0 bridgehead atoms. The van der Waals surface area contributed by atoms with Gasteiger partial charge in [-0.05, 0) is 18.6 Å². The highest BCUT2D eigenvalue weighted by molar-refractivity contribution is 7.91. The first-order chi connectivity index (χ1) is 9.78. The van der Waals surface area contributed by atoms with Crippen LogP contribution in [0, 0.1) is 0 Å². The summed E-state index contributed by atoms with van der Waals surface area (Å²) in [5, 5.41) is 14.0. The fraction of sp³-hybridized carbons (Fsp3) is 0.333. The summed E-state index contributed by atoms with van der Waals surface area (Å²) in [6.07, 6.45) is 0.344. The van der Waals surface area contributed by atoms with Crippen LogP contribution >= 0.6 is 11.6 Å². The number of hydrogen-bond donors (Lipinski definition) is 3. The lowest BCUT2D eigenvalue weighted by atomic mass is 10.2. The number of aromatic carboxylic acids is 1. The van der Waals surface area contributed by atoms with Crippen LogP contribution in [0.1, 0.15) is 16.8 Å². The van der Waals surface area contributed by atoms with Crippen molar-refractivity contribution in [1.82, 2.24) is 5.32 Å². The maximum Gasteiger partial charge on any atom is 0.339 e. The van der Waals surface area contributed by atoms with E-state index in [4.69, 9.17) is 16.7 Å². The Labute approximate surface area is 126 Å². The quantitative estimate of drug-likeness (QED) is 0.773. The monoisotopic (exact) mass is 332 g/mol. The topological polar surface area (TPSA) is 113 Å². The van der Waals surface area contributed by atoms with E-state index in [1.165, 1.54) is 18.2 Å². The van der Waals surface area contributed by atoms with Gasteiger partial charge in [0.15, 0.2) is 9.84 Å². The van der Waals surface area contributed by atoms with Gasteiger partial charge in [0, 0.05) is 6.04 Å². The molecule has 1 aliphatic rings. The van der Waals surface area contributed by atoms with Gasteiger partial charge < -0.3 is 15.7 Å². The number of rotatable bonds is 3. The normalized spacial score (nSPS) is 20.0. The van der Waals surface area contributed by atoms with Crippen LogP contribution < -0.4 is 10.6 Å². The number of carboxylic acid groups (broad SMARTS) is 1. The van der Waals surface area contributed by atoms with Crippen LogP contribution in [0.3, 0.4) is 0 Å². The molecule has 114 valence electrons. The minimum Gasteiger partial charge on any atom is -0.478 e. The van der Waals surface area contributed by atoms with Gasteiger partial charge in [-0.1, -0.05) is 17.7 Å². The fourth-order valence-electron chi connectivity index (χ4n) is 2.10. The first-order valence-corrected chi connectivity index (χ1v) is 8.28. The Morgan fingerprint density at radius 1 is 1.33 bits per heavy atom. The van der Waals surface area contributed by atoms with Crippen molar-refractivity contribution in [2.45, 2.75) is 12.5 Å². The molecule has 0 aromatic heterocycles. The molecule has 1 saturated heterocycles. The highest BCUT2D eigenvalue weighted by Gasteiger charge is 2.29. The number of amides is 2. The second-order valence-corrected chi connectivity index (χ2v) is 7.30. The molecule has 1 aromatic rings. The van der Waals surface area contributed by atoms with Gasteiger partial charge >= 0.3 is 12.0 Å². The average Bonchev–Trinajstić information content (AvgIpc) is 2.67. The van der Waals surface area contributed by atoms with E-state index >= 15 is 0 Å². The number of carboxylic acids is 1. The maximum absolute atomic E-state index is 11.8. The summed E-state index contributed by atoms with van der Waals surface area (Å²) < 4.78 is 22.6. The molecule has 9 heteroatoms. The SMILES string of the molecule is O=C(Nc1cccc(Cl)c1C(=O)O)NC1CCS(=O)(=O)C1. The van der Waals surface area contributed by atoms with Crippen molar-refractivity contribution in [3.05, 3.63) is 28.8 Å². The Hall–Kier alpha value is -1.80. The number of urea groups is 1. The van der Waals surface area contributed by atoms with Crippen LogP contribution in [0.5, 0.6) is 0 Å². The zero-order chi connectivity index (χ0) is 15.6. The number of halogens is 1. The van der Waals surface area contributed by atoms with Crippen molar-refractivity contribution in [3.8, 4) is 0 Å². The molecule has 0 radical (unpaired) electrons. The van der Waals surface area contributed by atoms with Gasteiger partial charge in [-0.15, -0.1) is 0 Å². The number of hydrogen-bond acceptors (Lipinski definition) is 4. The molecule has 7 nitrogen and oxygen atoms in total. The molecule has 2 rings (SSSR count). The Kier molecular flexibility index (Phi) is 4.38. The molecular weight excluding hydrogens is 320 g/mol. The Balaban J connectivity index is 2.07. The van der Waals surface area contributed by atoms with E-state index in [1.807, 2.05) is 0 Å². The summed E-state index contributed by atoms with van der Waals surface area (Å²) >= 11 is 5.78. The molecule has 1 aromatic carbocycles. The predicted octanol–water partition coefficient (Wildman–Crippen LogP) is 1.35. The van der Waals surface area contributed by atoms with Crippen molar-refractivity contribution >= 4 is 39.1 Å². The summed E-state index contributed by atoms with van der Waals surface area (Å²) in [7, 11) is -3.10. The third-order valence-electron chi connectivity index (χ3n) is 3.04. The van der Waals surface area contributed by atoms with Crippen LogP contribution in [0.4, 0.5) is 10.5 Å². The van der Waals surface area contributed by atoms with Gasteiger partial charge in [-0.25, -0.2) is 18.0 Å². The average molecular weight is 333 g/mol. The molecule has 0 aliphatic carbocycles. The summed E-state index contributed by atoms with van der Waals surface area (Å²) in [6, 6.07) is 3.17. The van der Waals surface area contributed by atoms with Crippen LogP contribution in [0.25, 0.3) is 0 Å². The highest BCUT2D eigenvalue weighted by atomic mass is 35.5. The molecule has 1 atom stereocenters. The Morgan fingerprint density at radius 3 is 2.62 bits per heavy atom. The van der Waals surface area contributed by atoms with Crippen molar-refractivity contribution in [2.75, 3.05) is 16.8 Å². The molecule has 0 saturated carbocycles. The van der Waals surface area contributed by atoms with Crippen LogP contribution in [0.2, 0.25) is 5.02 Å². The van der Waals surface area contributed by atoms with E-state index in [1.54, 1.807) is 0 Å². The third-order valence-corrected chi connectivity index (χ3v) is 5.13. The van der Waals surface area contributed by atoms with Gasteiger partial charge in [0.2, 0.25) is 0 Å². The molecule has 1 unspecified atom stereocenters. The Bertz CT molecular complexity index is 689. The molecular formula is C12H13ClN2O5S. The van der Waals surface area contributed by atoms with Crippen molar-refractivity contribution in [3.63, 3.8) is 0 Å². The molecule has 1 aliphatic heterocycles. The molecule has 2 amide bonds. The van der Waals surface area contributed by atoms with E-state index in [0.717, 1.165) is 0 Å². The van der Waals surface area contributed by atoms with Crippen molar-refractivity contribution < 1.29 is 23.1 Å². The summed E-state index contributed by atoms with van der Waals surface area (Å²) in [6.45, 7) is 0. The minimum absolute atomic E-state index is 0.00347. The smallest absolute Gasteiger partial charge is 0.339 e. The zero-order valence-corrected chi connectivity index (χ0v) is 12.4. The molecule has 1 heterocycles. The van der Waals surface area contributed by atoms with E-state index in [-0.39, 0.29) is 27.8 Å². The molecule has 0 spiro atoms. The van der Waals surface area contributed by atoms with Gasteiger partial charge in [0.25, 0.3) is 0 Å². The molecule has 21 heavy (non-hydrogen) atoms. The van der Waals surface area contributed by atoms with E-state index < -0.39 is 27.9 Å². The molecule has 1 fully saturated rings. The number of anilines is 1. The largest absolute Gasteiger partial charge is 0.478 e. The Morgan fingerprint density at radius 2 is 2.05 bits per heavy atom. The number of carbonyl (C=O) groups is 2. The standard InChI is InChI=1S/C12H13ClN2O5S/c13-8-2-1-3-9(10(8)11(16)17)15-12(18)14-7-4-5-21(19,20)6-7/h1-3,7H,4-6H2,(H,16,17)(H2,14,15,18). The summed E-state index contributed by atoms with van der Waals surface area (Å²) in [4.78, 5) is 22.9. The second-order valence-electron chi connectivity index (χ2n) is 4.67. The van der Waals surface area contributed by atoms with Crippen LogP contribution in [0.15, 0.2) is 18.2 Å². The maximum atomic E-state index is 11.8. The summed E-state index contributed by atoms with van der Waals surface area (Å²) in [5.74, 6) is -1.34. The van der Waals surface area contributed by atoms with E-state index in [0.29, 0.717) is 6.42 Å². The number of sulfone groups is 1. The number of benzene rings is 1. The third kappa shape index (κ3) is 3.85. The fourth-order valence-corrected chi connectivity index (χ4v) is 4.03. The first-order valence-electron chi connectivity index (χ1n) is 6.08. The van der Waals surface area contributed by atoms with Gasteiger partial charge in [0.05, 0.1) is 22.2 Å². The van der Waals surface area contributed by atoms with E-state index in [2.05, 4.69) is 10.6 Å². The number of carbonyl (C=O) groups excluding carboxylic acids is 1. The summed E-state index contributed by atoms with van der Waals surface area (Å²) in [5.41, 5.74) is -0.165. The molecule has 3 N–H and O–H groups in total. The second kappa shape index (κ2) is 5.90. The number of nitrogens with one attached hydrogen (secondary N) is 2. The predicted molar refractivity (Wildman–Crippen MR) is 77.6 cm³/mol. The van der Waals surface area contributed by atoms with Crippen LogP contribution in [-0.4, -0.2) is 43.1 Å². The first kappa shape index (κ1) is 15.6. The van der Waals surface area contributed by atoms with Crippen molar-refractivity contribution in [2.24, 2.45) is 0 Å². The minimum atomic E-state index is -3.10. The van der Waals surface area contributed by atoms with Crippen LogP contribution in [-0.2, 0) is 9.84 Å². The lowest BCUT2D eigenvalue weighted by Crippen LogP contribution is -2.38. The van der Waals surface area contributed by atoms with Gasteiger partial charge in [-0.2, -0.15) is 0 Å². The zero-order valence-electron chi connectivity index (χ0n) is 10.8. The lowest BCUT2D eigenvalue weighted by molar-refractivity contribution is 0.0698. The highest BCUT2D eigenvalue weighted by Crippen LogP contribution is 2.24. The van der Waals surface area contributed by atoms with Gasteiger partial charge in [0.1, 0.15) is 5.56 Å². The lowest BCUT2D eigenvalue weighted by Gasteiger charge is -2.13.